The number of likely N-dealkylation sites (tertiary alicyclic amines) is 1. The topological polar surface area (TPSA) is 89.4 Å². The average molecular weight is 360 g/mol. The van der Waals surface area contributed by atoms with Crippen LogP contribution in [0.4, 0.5) is 0 Å². The molecular formula is C19H16N6O2. The molecule has 1 atom stereocenters. The van der Waals surface area contributed by atoms with E-state index >= 15 is 0 Å². The Hall–Kier alpha value is -3.55. The van der Waals surface area contributed by atoms with Crippen LogP contribution in [0.1, 0.15) is 35.1 Å². The highest BCUT2D eigenvalue weighted by Gasteiger charge is 2.35. The summed E-state index contributed by atoms with van der Waals surface area (Å²) in [5.74, 6) is 0.801. The second-order valence-corrected chi connectivity index (χ2v) is 6.42. The van der Waals surface area contributed by atoms with Gasteiger partial charge < -0.3 is 9.42 Å². The Morgan fingerprint density at radius 3 is 3.00 bits per heavy atom. The van der Waals surface area contributed by atoms with Gasteiger partial charge in [0.25, 0.3) is 5.91 Å². The van der Waals surface area contributed by atoms with Crippen LogP contribution in [0, 0.1) is 0 Å². The van der Waals surface area contributed by atoms with Crippen molar-refractivity contribution in [1.29, 1.82) is 0 Å². The first kappa shape index (κ1) is 15.7. The maximum absolute atomic E-state index is 13.2. The Bertz CT molecular complexity index is 1100. The fourth-order valence-corrected chi connectivity index (χ4v) is 3.49. The molecule has 0 aromatic carbocycles. The molecule has 0 bridgehead atoms. The Morgan fingerprint density at radius 1 is 1.19 bits per heavy atom. The lowest BCUT2D eigenvalue weighted by molar-refractivity contribution is 0.0712. The van der Waals surface area contributed by atoms with Crippen molar-refractivity contribution in [2.24, 2.45) is 0 Å². The van der Waals surface area contributed by atoms with Gasteiger partial charge in [-0.3, -0.25) is 9.78 Å². The van der Waals surface area contributed by atoms with Gasteiger partial charge in [0.2, 0.25) is 11.7 Å². The second kappa shape index (κ2) is 6.31. The monoisotopic (exact) mass is 360 g/mol. The molecule has 134 valence electrons. The van der Waals surface area contributed by atoms with Crippen LogP contribution in [0.2, 0.25) is 0 Å². The predicted molar refractivity (Wildman–Crippen MR) is 95.7 cm³/mol. The van der Waals surface area contributed by atoms with Crippen molar-refractivity contribution in [2.75, 3.05) is 6.54 Å². The van der Waals surface area contributed by atoms with Gasteiger partial charge in [-0.15, -0.1) is 0 Å². The number of hydrogen-bond acceptors (Lipinski definition) is 6. The molecule has 0 radical (unpaired) electrons. The van der Waals surface area contributed by atoms with E-state index in [-0.39, 0.29) is 11.9 Å². The zero-order valence-corrected chi connectivity index (χ0v) is 14.4. The van der Waals surface area contributed by atoms with E-state index in [2.05, 4.69) is 20.2 Å². The van der Waals surface area contributed by atoms with Crippen molar-refractivity contribution in [1.82, 2.24) is 29.6 Å². The van der Waals surface area contributed by atoms with Crippen LogP contribution in [0.3, 0.4) is 0 Å². The first-order valence-corrected chi connectivity index (χ1v) is 8.79. The molecule has 1 aliphatic heterocycles. The molecule has 1 aliphatic rings. The highest BCUT2D eigenvalue weighted by molar-refractivity contribution is 6.00. The summed E-state index contributed by atoms with van der Waals surface area (Å²) < 4.78 is 7.17. The van der Waals surface area contributed by atoms with E-state index in [0.29, 0.717) is 29.5 Å². The van der Waals surface area contributed by atoms with Crippen molar-refractivity contribution in [3.63, 3.8) is 0 Å². The Balaban J connectivity index is 1.45. The summed E-state index contributed by atoms with van der Waals surface area (Å²) in [5, 5.41) is 8.30. The van der Waals surface area contributed by atoms with Gasteiger partial charge in [-0.05, 0) is 37.1 Å². The summed E-state index contributed by atoms with van der Waals surface area (Å²) in [6.45, 7) is 0.648. The molecule has 0 unspecified atom stereocenters. The molecule has 0 spiro atoms. The third-order valence-electron chi connectivity index (χ3n) is 4.79. The lowest BCUT2D eigenvalue weighted by Crippen LogP contribution is -2.30. The normalized spacial score (nSPS) is 16.9. The number of amides is 1. The van der Waals surface area contributed by atoms with E-state index in [1.807, 2.05) is 42.6 Å². The average Bonchev–Trinajstić information content (AvgIpc) is 3.46. The quantitative estimate of drug-likeness (QED) is 0.558. The van der Waals surface area contributed by atoms with Gasteiger partial charge in [-0.25, -0.2) is 4.52 Å². The second-order valence-electron chi connectivity index (χ2n) is 6.42. The SMILES string of the molecule is O=C(c1cnn2ccccc12)N1CCC[C@H]1c1nc(-c2ccccn2)no1. The summed E-state index contributed by atoms with van der Waals surface area (Å²) in [6, 6.07) is 11.0. The molecule has 0 aliphatic carbocycles. The van der Waals surface area contributed by atoms with Crippen molar-refractivity contribution in [3.05, 3.63) is 66.4 Å². The summed E-state index contributed by atoms with van der Waals surface area (Å²) >= 11 is 0. The highest BCUT2D eigenvalue weighted by atomic mass is 16.5. The number of hydrogen-bond donors (Lipinski definition) is 0. The van der Waals surface area contributed by atoms with Crippen molar-refractivity contribution in [3.8, 4) is 11.5 Å². The van der Waals surface area contributed by atoms with Gasteiger partial charge in [-0.2, -0.15) is 10.1 Å². The molecule has 0 saturated carbocycles. The van der Waals surface area contributed by atoms with E-state index in [4.69, 9.17) is 4.52 Å². The number of aromatic nitrogens is 5. The van der Waals surface area contributed by atoms with Gasteiger partial charge in [0, 0.05) is 18.9 Å². The van der Waals surface area contributed by atoms with Gasteiger partial charge >= 0.3 is 0 Å². The zero-order valence-electron chi connectivity index (χ0n) is 14.4. The predicted octanol–water partition coefficient (Wildman–Crippen LogP) is 2.76. The molecule has 1 amide bonds. The number of nitrogens with zero attached hydrogens (tertiary/aromatic N) is 6. The molecule has 4 aromatic rings. The molecule has 0 N–H and O–H groups in total. The van der Waals surface area contributed by atoms with Crippen molar-refractivity contribution in [2.45, 2.75) is 18.9 Å². The minimum absolute atomic E-state index is 0.0729. The van der Waals surface area contributed by atoms with Crippen LogP contribution in [-0.4, -0.2) is 42.1 Å². The number of carbonyl (C=O) groups excluding carboxylic acids is 1. The van der Waals surface area contributed by atoms with Crippen LogP contribution >= 0.6 is 0 Å². The Labute approximate surface area is 154 Å². The van der Waals surface area contributed by atoms with E-state index < -0.39 is 0 Å². The minimum Gasteiger partial charge on any atom is -0.337 e. The number of carbonyl (C=O) groups is 1. The van der Waals surface area contributed by atoms with Crippen LogP contribution < -0.4 is 0 Å². The van der Waals surface area contributed by atoms with E-state index in [1.54, 1.807) is 21.8 Å². The van der Waals surface area contributed by atoms with Crippen LogP contribution in [0.25, 0.3) is 17.0 Å². The molecule has 8 nitrogen and oxygen atoms in total. The highest BCUT2D eigenvalue weighted by Crippen LogP contribution is 2.33. The molecule has 27 heavy (non-hydrogen) atoms. The summed E-state index contributed by atoms with van der Waals surface area (Å²) in [4.78, 5) is 23.7. The maximum Gasteiger partial charge on any atom is 0.258 e. The number of rotatable bonds is 3. The fraction of sp³-hybridized carbons (Fsp3) is 0.211. The zero-order chi connectivity index (χ0) is 18.2. The molecular weight excluding hydrogens is 344 g/mol. The maximum atomic E-state index is 13.2. The summed E-state index contributed by atoms with van der Waals surface area (Å²) in [7, 11) is 0. The van der Waals surface area contributed by atoms with Gasteiger partial charge in [-0.1, -0.05) is 17.3 Å². The molecule has 5 rings (SSSR count). The molecule has 1 fully saturated rings. The molecule has 5 heterocycles. The minimum atomic E-state index is -0.235. The van der Waals surface area contributed by atoms with Crippen molar-refractivity contribution >= 4 is 11.4 Å². The molecule has 4 aromatic heterocycles. The summed E-state index contributed by atoms with van der Waals surface area (Å²) in [5.41, 5.74) is 2.01. The Morgan fingerprint density at radius 2 is 2.11 bits per heavy atom. The molecule has 1 saturated heterocycles. The largest absolute Gasteiger partial charge is 0.337 e. The van der Waals surface area contributed by atoms with Crippen LogP contribution in [0.5, 0.6) is 0 Å². The fourth-order valence-electron chi connectivity index (χ4n) is 3.49. The lowest BCUT2D eigenvalue weighted by Gasteiger charge is -2.21. The Kier molecular flexibility index (Phi) is 3.67. The third-order valence-corrected chi connectivity index (χ3v) is 4.79. The first-order valence-electron chi connectivity index (χ1n) is 8.79. The number of pyridine rings is 2. The van der Waals surface area contributed by atoms with Gasteiger partial charge in [0.15, 0.2) is 0 Å². The summed E-state index contributed by atoms with van der Waals surface area (Å²) in [6.07, 6.45) is 6.79. The molecule has 8 heteroatoms. The van der Waals surface area contributed by atoms with E-state index in [1.165, 1.54) is 0 Å². The third kappa shape index (κ3) is 2.66. The smallest absolute Gasteiger partial charge is 0.258 e. The first-order chi connectivity index (χ1) is 13.3. The van der Waals surface area contributed by atoms with Crippen LogP contribution in [-0.2, 0) is 0 Å². The lowest BCUT2D eigenvalue weighted by atomic mass is 10.2. The standard InChI is InChI=1S/C19H16N6O2/c26-19(13-12-21-25-11-4-2-7-15(13)25)24-10-5-8-16(24)18-22-17(23-27-18)14-6-1-3-9-20-14/h1-4,6-7,9,11-12,16H,5,8,10H2/t16-/m0/s1. The number of fused-ring (bicyclic) bond motifs is 1. The van der Waals surface area contributed by atoms with Crippen LogP contribution in [0.15, 0.2) is 59.5 Å². The van der Waals surface area contributed by atoms with Gasteiger partial charge in [0.05, 0.1) is 17.3 Å². The van der Waals surface area contributed by atoms with E-state index in [0.717, 1.165) is 18.4 Å². The van der Waals surface area contributed by atoms with Crippen molar-refractivity contribution < 1.29 is 9.32 Å². The van der Waals surface area contributed by atoms with Gasteiger partial charge in [0.1, 0.15) is 11.7 Å². The van der Waals surface area contributed by atoms with E-state index in [9.17, 15) is 4.79 Å².